The van der Waals surface area contributed by atoms with Gasteiger partial charge in [-0.25, -0.2) is 9.97 Å². The maximum Gasteiger partial charge on any atom is 0.135 e. The molecule has 6 heteroatoms. The van der Waals surface area contributed by atoms with Gasteiger partial charge in [-0.2, -0.15) is 0 Å². The lowest BCUT2D eigenvalue weighted by atomic mass is 10.3. The Labute approximate surface area is 130 Å². The molecule has 1 N–H and O–H groups in total. The molecule has 1 saturated heterocycles. The Hall–Kier alpha value is -2.34. The number of likely N-dealkylation sites (N-methyl/N-ethyl adjacent to an activating group) is 1. The van der Waals surface area contributed by atoms with Gasteiger partial charge in [-0.3, -0.25) is 0 Å². The Morgan fingerprint density at radius 3 is 2.68 bits per heavy atom. The maximum atomic E-state index is 5.24. The minimum Gasteiger partial charge on any atom is -0.497 e. The molecule has 0 spiro atoms. The molecule has 22 heavy (non-hydrogen) atoms. The Kier molecular flexibility index (Phi) is 4.39. The molecule has 0 radical (unpaired) electrons. The van der Waals surface area contributed by atoms with E-state index in [0.717, 1.165) is 49.3 Å². The minimum atomic E-state index is 0.789. The van der Waals surface area contributed by atoms with Crippen LogP contribution in [-0.2, 0) is 0 Å². The zero-order valence-corrected chi connectivity index (χ0v) is 13.0. The second-order valence-corrected chi connectivity index (χ2v) is 5.41. The molecule has 1 aliphatic rings. The van der Waals surface area contributed by atoms with Gasteiger partial charge < -0.3 is 19.9 Å². The van der Waals surface area contributed by atoms with Crippen LogP contribution < -0.4 is 15.0 Å². The van der Waals surface area contributed by atoms with Crippen molar-refractivity contribution in [2.75, 3.05) is 50.6 Å². The molecule has 0 bridgehead atoms. The summed E-state index contributed by atoms with van der Waals surface area (Å²) in [5.41, 5.74) is 0.947. The molecule has 1 aromatic carbocycles. The second-order valence-electron chi connectivity index (χ2n) is 5.41. The van der Waals surface area contributed by atoms with E-state index in [2.05, 4.69) is 32.1 Å². The van der Waals surface area contributed by atoms with Gasteiger partial charge in [0.25, 0.3) is 0 Å². The Morgan fingerprint density at radius 1 is 1.09 bits per heavy atom. The molecule has 1 aliphatic heterocycles. The van der Waals surface area contributed by atoms with Crippen LogP contribution in [0.4, 0.5) is 17.3 Å². The largest absolute Gasteiger partial charge is 0.497 e. The van der Waals surface area contributed by atoms with E-state index >= 15 is 0 Å². The lowest BCUT2D eigenvalue weighted by molar-refractivity contribution is 0.312. The topological polar surface area (TPSA) is 53.5 Å². The van der Waals surface area contributed by atoms with Crippen molar-refractivity contribution in [1.29, 1.82) is 0 Å². The molecule has 2 heterocycles. The summed E-state index contributed by atoms with van der Waals surface area (Å²) in [7, 11) is 3.81. The van der Waals surface area contributed by atoms with Gasteiger partial charge in [0.2, 0.25) is 0 Å². The summed E-state index contributed by atoms with van der Waals surface area (Å²) in [4.78, 5) is 13.3. The number of methoxy groups -OCH3 is 1. The van der Waals surface area contributed by atoms with Crippen molar-refractivity contribution in [1.82, 2.24) is 14.9 Å². The molecule has 1 aromatic heterocycles. The number of nitrogens with zero attached hydrogens (tertiary/aromatic N) is 4. The fourth-order valence-electron chi connectivity index (χ4n) is 2.47. The zero-order chi connectivity index (χ0) is 15.4. The molecule has 0 aliphatic carbocycles. The number of piperazine rings is 1. The van der Waals surface area contributed by atoms with E-state index in [0.29, 0.717) is 0 Å². The number of hydrogen-bond acceptors (Lipinski definition) is 6. The van der Waals surface area contributed by atoms with Crippen LogP contribution in [0.25, 0.3) is 0 Å². The van der Waals surface area contributed by atoms with E-state index in [1.165, 1.54) is 0 Å². The molecule has 3 rings (SSSR count). The van der Waals surface area contributed by atoms with Gasteiger partial charge in [-0.1, -0.05) is 6.07 Å². The van der Waals surface area contributed by atoms with Crippen LogP contribution in [0.3, 0.4) is 0 Å². The third-order valence-corrected chi connectivity index (χ3v) is 3.82. The molecular formula is C16H21N5O. The summed E-state index contributed by atoms with van der Waals surface area (Å²) in [6, 6.07) is 9.78. The van der Waals surface area contributed by atoms with Gasteiger partial charge in [0.05, 0.1) is 7.11 Å². The molecule has 116 valence electrons. The summed E-state index contributed by atoms with van der Waals surface area (Å²) in [5, 5.41) is 3.30. The van der Waals surface area contributed by atoms with E-state index in [1.54, 1.807) is 13.4 Å². The average molecular weight is 299 g/mol. The van der Waals surface area contributed by atoms with Crippen LogP contribution in [0.15, 0.2) is 36.7 Å². The first-order valence-electron chi connectivity index (χ1n) is 7.41. The van der Waals surface area contributed by atoms with Gasteiger partial charge >= 0.3 is 0 Å². The molecule has 2 aromatic rings. The van der Waals surface area contributed by atoms with E-state index in [4.69, 9.17) is 4.74 Å². The number of benzene rings is 1. The predicted octanol–water partition coefficient (Wildman–Crippen LogP) is 1.98. The lowest BCUT2D eigenvalue weighted by Crippen LogP contribution is -2.44. The summed E-state index contributed by atoms with van der Waals surface area (Å²) < 4.78 is 5.24. The number of hydrogen-bond donors (Lipinski definition) is 1. The van der Waals surface area contributed by atoms with Crippen LogP contribution in [0.1, 0.15) is 0 Å². The Bertz CT molecular complexity index is 625. The highest BCUT2D eigenvalue weighted by Gasteiger charge is 2.15. The molecular weight excluding hydrogens is 278 g/mol. The summed E-state index contributed by atoms with van der Waals surface area (Å²) >= 11 is 0. The normalized spacial score (nSPS) is 15.6. The number of nitrogens with one attached hydrogen (secondary N) is 1. The first-order chi connectivity index (χ1) is 10.7. The average Bonchev–Trinajstić information content (AvgIpc) is 2.56. The second kappa shape index (κ2) is 6.62. The van der Waals surface area contributed by atoms with Crippen LogP contribution in [0.5, 0.6) is 5.75 Å². The van der Waals surface area contributed by atoms with Gasteiger partial charge in [-0.05, 0) is 19.2 Å². The molecule has 1 fully saturated rings. The minimum absolute atomic E-state index is 0.789. The van der Waals surface area contributed by atoms with Crippen LogP contribution in [0, 0.1) is 0 Å². The van der Waals surface area contributed by atoms with Crippen molar-refractivity contribution >= 4 is 17.3 Å². The van der Waals surface area contributed by atoms with Gasteiger partial charge in [0.15, 0.2) is 0 Å². The molecule has 0 atom stereocenters. The number of rotatable bonds is 4. The van der Waals surface area contributed by atoms with E-state index in [1.807, 2.05) is 30.3 Å². The lowest BCUT2D eigenvalue weighted by Gasteiger charge is -2.33. The molecule has 6 nitrogen and oxygen atoms in total. The quantitative estimate of drug-likeness (QED) is 0.931. The fraction of sp³-hybridized carbons (Fsp3) is 0.375. The highest BCUT2D eigenvalue weighted by Crippen LogP contribution is 2.22. The van der Waals surface area contributed by atoms with E-state index < -0.39 is 0 Å². The summed E-state index contributed by atoms with van der Waals surface area (Å²) in [5.74, 6) is 2.57. The van der Waals surface area contributed by atoms with Gasteiger partial charge in [0, 0.05) is 44.0 Å². The van der Waals surface area contributed by atoms with Crippen molar-refractivity contribution in [3.8, 4) is 5.75 Å². The highest BCUT2D eigenvalue weighted by atomic mass is 16.5. The maximum absolute atomic E-state index is 5.24. The van der Waals surface area contributed by atoms with Crippen LogP contribution in [0.2, 0.25) is 0 Å². The van der Waals surface area contributed by atoms with Crippen LogP contribution >= 0.6 is 0 Å². The third-order valence-electron chi connectivity index (χ3n) is 3.82. The summed E-state index contributed by atoms with van der Waals surface area (Å²) in [6.45, 7) is 4.10. The van der Waals surface area contributed by atoms with Crippen molar-refractivity contribution in [2.45, 2.75) is 0 Å². The Morgan fingerprint density at radius 2 is 1.91 bits per heavy atom. The smallest absolute Gasteiger partial charge is 0.135 e. The first-order valence-corrected chi connectivity index (χ1v) is 7.41. The fourth-order valence-corrected chi connectivity index (χ4v) is 2.47. The monoisotopic (exact) mass is 299 g/mol. The van der Waals surface area contributed by atoms with E-state index in [9.17, 15) is 0 Å². The number of ether oxygens (including phenoxy) is 1. The standard InChI is InChI=1S/C16H21N5O/c1-20-6-8-21(9-7-20)16-11-15(17-12-18-16)19-13-4-3-5-14(10-13)22-2/h3-5,10-12H,6-9H2,1-2H3,(H,17,18,19). The molecule has 0 amide bonds. The molecule has 0 unspecified atom stereocenters. The van der Waals surface area contributed by atoms with E-state index in [-0.39, 0.29) is 0 Å². The van der Waals surface area contributed by atoms with Crippen LogP contribution in [-0.4, -0.2) is 55.2 Å². The summed E-state index contributed by atoms with van der Waals surface area (Å²) in [6.07, 6.45) is 1.61. The van der Waals surface area contributed by atoms with Crippen molar-refractivity contribution in [2.24, 2.45) is 0 Å². The van der Waals surface area contributed by atoms with Crippen molar-refractivity contribution < 1.29 is 4.74 Å². The van der Waals surface area contributed by atoms with Crippen molar-refractivity contribution in [3.05, 3.63) is 36.7 Å². The third kappa shape index (κ3) is 3.46. The highest BCUT2D eigenvalue weighted by molar-refractivity contribution is 5.60. The Balaban J connectivity index is 1.73. The number of aromatic nitrogens is 2. The molecule has 0 saturated carbocycles. The first kappa shape index (κ1) is 14.6. The van der Waals surface area contributed by atoms with Crippen molar-refractivity contribution in [3.63, 3.8) is 0 Å². The predicted molar refractivity (Wildman–Crippen MR) is 88.0 cm³/mol. The zero-order valence-electron chi connectivity index (χ0n) is 13.0. The SMILES string of the molecule is COc1cccc(Nc2cc(N3CCN(C)CC3)ncn2)c1. The van der Waals surface area contributed by atoms with Gasteiger partial charge in [-0.15, -0.1) is 0 Å². The van der Waals surface area contributed by atoms with Gasteiger partial charge in [0.1, 0.15) is 23.7 Å². The number of anilines is 3.